The Morgan fingerprint density at radius 2 is 2.06 bits per heavy atom. The number of alkyl halides is 3. The van der Waals surface area contributed by atoms with Gasteiger partial charge in [0.2, 0.25) is 0 Å². The molecule has 0 radical (unpaired) electrons. The Balaban J connectivity index is 1.96. The smallest absolute Gasteiger partial charge is 0.396 e. The highest BCUT2D eigenvalue weighted by atomic mass is 19.4. The summed E-state index contributed by atoms with van der Waals surface area (Å²) in [5.74, 6) is 0. The Labute approximate surface area is 98.5 Å². The second kappa shape index (κ2) is 4.74. The van der Waals surface area contributed by atoms with Gasteiger partial charge in [0.05, 0.1) is 19.8 Å². The van der Waals surface area contributed by atoms with Gasteiger partial charge in [-0.3, -0.25) is 4.90 Å². The van der Waals surface area contributed by atoms with Crippen LogP contribution in [0, 0.1) is 5.41 Å². The molecule has 0 aromatic heterocycles. The van der Waals surface area contributed by atoms with Crippen LogP contribution in [-0.2, 0) is 4.74 Å². The van der Waals surface area contributed by atoms with Gasteiger partial charge < -0.3 is 9.84 Å². The van der Waals surface area contributed by atoms with E-state index in [9.17, 15) is 18.3 Å². The SMILES string of the molecule is OCC1(CN(CC(F)(F)F)C2CC2)CCOC1. The van der Waals surface area contributed by atoms with Crippen molar-refractivity contribution in [2.75, 3.05) is 32.9 Å². The summed E-state index contributed by atoms with van der Waals surface area (Å²) in [6, 6.07) is 0.0423. The van der Waals surface area contributed by atoms with Crippen molar-refractivity contribution in [3.05, 3.63) is 0 Å². The molecule has 0 spiro atoms. The summed E-state index contributed by atoms with van der Waals surface area (Å²) in [6.45, 7) is 0.205. The summed E-state index contributed by atoms with van der Waals surface area (Å²) in [5.41, 5.74) is -0.492. The molecular formula is C11H18F3NO2. The molecule has 1 aliphatic heterocycles. The molecule has 0 amide bonds. The lowest BCUT2D eigenvalue weighted by Crippen LogP contribution is -2.45. The van der Waals surface area contributed by atoms with Crippen molar-refractivity contribution in [1.29, 1.82) is 0 Å². The van der Waals surface area contributed by atoms with Crippen LogP contribution in [-0.4, -0.2) is 55.1 Å². The summed E-state index contributed by atoms with van der Waals surface area (Å²) in [6.07, 6.45) is -1.86. The highest BCUT2D eigenvalue weighted by Crippen LogP contribution is 2.36. The lowest BCUT2D eigenvalue weighted by molar-refractivity contribution is -0.151. The summed E-state index contributed by atoms with van der Waals surface area (Å²) >= 11 is 0. The summed E-state index contributed by atoms with van der Waals surface area (Å²) in [7, 11) is 0. The fourth-order valence-electron chi connectivity index (χ4n) is 2.36. The van der Waals surface area contributed by atoms with Crippen molar-refractivity contribution >= 4 is 0 Å². The van der Waals surface area contributed by atoms with Crippen molar-refractivity contribution in [1.82, 2.24) is 4.90 Å². The third-order valence-electron chi connectivity index (χ3n) is 3.50. The van der Waals surface area contributed by atoms with Crippen LogP contribution in [0.4, 0.5) is 13.2 Å². The molecule has 2 fully saturated rings. The van der Waals surface area contributed by atoms with Crippen molar-refractivity contribution in [2.45, 2.75) is 31.5 Å². The fourth-order valence-corrected chi connectivity index (χ4v) is 2.36. The number of hydrogen-bond donors (Lipinski definition) is 1. The number of nitrogens with zero attached hydrogens (tertiary/aromatic N) is 1. The highest BCUT2D eigenvalue weighted by molar-refractivity contribution is 4.92. The van der Waals surface area contributed by atoms with E-state index >= 15 is 0 Å². The van der Waals surface area contributed by atoms with Crippen molar-refractivity contribution in [3.8, 4) is 0 Å². The molecule has 6 heteroatoms. The van der Waals surface area contributed by atoms with Crippen LogP contribution >= 0.6 is 0 Å². The minimum absolute atomic E-state index is 0.0423. The number of halogens is 3. The van der Waals surface area contributed by atoms with Gasteiger partial charge in [-0.15, -0.1) is 0 Å². The van der Waals surface area contributed by atoms with E-state index in [0.717, 1.165) is 12.8 Å². The van der Waals surface area contributed by atoms with Gasteiger partial charge in [-0.25, -0.2) is 0 Å². The van der Waals surface area contributed by atoms with Gasteiger partial charge in [-0.2, -0.15) is 13.2 Å². The Kier molecular flexibility index (Phi) is 3.66. The van der Waals surface area contributed by atoms with Crippen LogP contribution in [0.15, 0.2) is 0 Å². The zero-order valence-electron chi connectivity index (χ0n) is 9.67. The molecule has 1 heterocycles. The Morgan fingerprint density at radius 3 is 2.47 bits per heavy atom. The lowest BCUT2D eigenvalue weighted by atomic mass is 9.87. The highest BCUT2D eigenvalue weighted by Gasteiger charge is 2.43. The first kappa shape index (κ1) is 13.1. The maximum absolute atomic E-state index is 12.5. The van der Waals surface area contributed by atoms with Crippen molar-refractivity contribution < 1.29 is 23.0 Å². The van der Waals surface area contributed by atoms with Gasteiger partial charge in [-0.05, 0) is 19.3 Å². The van der Waals surface area contributed by atoms with Crippen LogP contribution in [0.5, 0.6) is 0 Å². The summed E-state index contributed by atoms with van der Waals surface area (Å²) < 4.78 is 42.6. The van der Waals surface area contributed by atoms with Crippen LogP contribution in [0.3, 0.4) is 0 Å². The number of aliphatic hydroxyl groups is 1. The first-order valence-corrected chi connectivity index (χ1v) is 5.94. The average Bonchev–Trinajstić information content (AvgIpc) is 2.98. The fraction of sp³-hybridized carbons (Fsp3) is 1.00. The average molecular weight is 253 g/mol. The van der Waals surface area contributed by atoms with Gasteiger partial charge in [0.15, 0.2) is 0 Å². The first-order valence-electron chi connectivity index (χ1n) is 5.94. The molecule has 2 aliphatic rings. The monoisotopic (exact) mass is 253 g/mol. The topological polar surface area (TPSA) is 32.7 Å². The molecule has 1 N–H and O–H groups in total. The molecular weight excluding hydrogens is 235 g/mol. The predicted octanol–water partition coefficient (Wildman–Crippen LogP) is 1.41. The van der Waals surface area contributed by atoms with E-state index < -0.39 is 18.1 Å². The van der Waals surface area contributed by atoms with Gasteiger partial charge in [0, 0.05) is 24.6 Å². The molecule has 0 bridgehead atoms. The molecule has 0 aromatic carbocycles. The number of ether oxygens (including phenoxy) is 1. The Bertz CT molecular complexity index is 260. The van der Waals surface area contributed by atoms with E-state index in [1.54, 1.807) is 0 Å². The van der Waals surface area contributed by atoms with Crippen molar-refractivity contribution in [2.24, 2.45) is 5.41 Å². The molecule has 1 aliphatic carbocycles. The van der Waals surface area contributed by atoms with E-state index in [0.29, 0.717) is 19.6 Å². The lowest BCUT2D eigenvalue weighted by Gasteiger charge is -2.33. The van der Waals surface area contributed by atoms with Crippen molar-refractivity contribution in [3.63, 3.8) is 0 Å². The van der Waals surface area contributed by atoms with E-state index in [1.165, 1.54) is 4.90 Å². The molecule has 0 aromatic rings. The molecule has 17 heavy (non-hydrogen) atoms. The zero-order valence-corrected chi connectivity index (χ0v) is 9.67. The van der Waals surface area contributed by atoms with E-state index in [2.05, 4.69) is 0 Å². The van der Waals surface area contributed by atoms with Crippen LogP contribution in [0.1, 0.15) is 19.3 Å². The molecule has 3 nitrogen and oxygen atoms in total. The normalized spacial score (nSPS) is 30.2. The molecule has 1 atom stereocenters. The number of hydrogen-bond acceptors (Lipinski definition) is 3. The molecule has 100 valence electrons. The summed E-state index contributed by atoms with van der Waals surface area (Å²) in [5, 5.41) is 9.38. The van der Waals surface area contributed by atoms with E-state index in [4.69, 9.17) is 4.74 Å². The van der Waals surface area contributed by atoms with Crippen LogP contribution in [0.25, 0.3) is 0 Å². The second-order valence-corrected chi connectivity index (χ2v) is 5.21. The second-order valence-electron chi connectivity index (χ2n) is 5.21. The summed E-state index contributed by atoms with van der Waals surface area (Å²) in [4.78, 5) is 1.46. The third-order valence-corrected chi connectivity index (χ3v) is 3.50. The van der Waals surface area contributed by atoms with Gasteiger partial charge in [-0.1, -0.05) is 0 Å². The molecule has 2 rings (SSSR count). The standard InChI is InChI=1S/C11H18F3NO2/c12-11(13,14)6-15(9-1-2-9)5-10(7-16)3-4-17-8-10/h9,16H,1-8H2. The molecule has 1 saturated heterocycles. The maximum atomic E-state index is 12.5. The third kappa shape index (κ3) is 3.56. The Morgan fingerprint density at radius 1 is 1.35 bits per heavy atom. The van der Waals surface area contributed by atoms with Gasteiger partial charge in [0.1, 0.15) is 0 Å². The quantitative estimate of drug-likeness (QED) is 0.804. The Hall–Kier alpha value is -0.330. The van der Waals surface area contributed by atoms with Gasteiger partial charge in [0.25, 0.3) is 0 Å². The molecule has 1 saturated carbocycles. The van der Waals surface area contributed by atoms with E-state index in [1.807, 2.05) is 0 Å². The molecule has 1 unspecified atom stereocenters. The predicted molar refractivity (Wildman–Crippen MR) is 55.6 cm³/mol. The minimum Gasteiger partial charge on any atom is -0.396 e. The number of aliphatic hydroxyl groups excluding tert-OH is 1. The van der Waals surface area contributed by atoms with Gasteiger partial charge >= 0.3 is 6.18 Å². The maximum Gasteiger partial charge on any atom is 0.401 e. The number of rotatable bonds is 5. The minimum atomic E-state index is -4.17. The van der Waals surface area contributed by atoms with E-state index in [-0.39, 0.29) is 19.2 Å². The van der Waals surface area contributed by atoms with Crippen LogP contribution in [0.2, 0.25) is 0 Å². The van der Waals surface area contributed by atoms with Crippen LogP contribution < -0.4 is 0 Å². The first-order chi connectivity index (χ1) is 7.94. The largest absolute Gasteiger partial charge is 0.401 e. The zero-order chi connectivity index (χ0) is 12.5.